The molecule has 1 amide bonds. The molecule has 5 aromatic carbocycles. The number of hydrogen-bond donors (Lipinski definition) is 2. The molecule has 9 atom stereocenters. The highest BCUT2D eigenvalue weighted by atomic mass is 16.7. The second kappa shape index (κ2) is 51.2. The summed E-state index contributed by atoms with van der Waals surface area (Å²) in [5.74, 6) is -2.28. The van der Waals surface area contributed by atoms with E-state index in [4.69, 9.17) is 47.4 Å². The van der Waals surface area contributed by atoms with Crippen LogP contribution in [-0.2, 0) is 60.7 Å². The first-order valence-electron chi connectivity index (χ1n) is 39.8. The van der Waals surface area contributed by atoms with E-state index in [1.807, 2.05) is 36.4 Å². The van der Waals surface area contributed by atoms with Crippen LogP contribution in [0.5, 0.6) is 11.5 Å². The number of carbonyl (C=O) groups excluding carboxylic acids is 5. The number of aliphatic hydroxyl groups excluding tert-OH is 1. The van der Waals surface area contributed by atoms with E-state index < -0.39 is 96.9 Å². The molecule has 0 radical (unpaired) electrons. The zero-order chi connectivity index (χ0) is 75.1. The Kier molecular flexibility index (Phi) is 42.3. The predicted octanol–water partition coefficient (Wildman–Crippen LogP) is 19.6. The molecule has 105 heavy (non-hydrogen) atoms. The monoisotopic (exact) mass is 1450 g/mol. The molecule has 1 heterocycles. The molecule has 6 rings (SSSR count). The molecular formula is C88H127NO16. The van der Waals surface area contributed by atoms with Gasteiger partial charge in [-0.3, -0.25) is 9.59 Å². The van der Waals surface area contributed by atoms with Gasteiger partial charge in [0.25, 0.3) is 5.91 Å². The summed E-state index contributed by atoms with van der Waals surface area (Å²) >= 11 is 0. The van der Waals surface area contributed by atoms with Gasteiger partial charge in [-0.25, -0.2) is 14.4 Å². The number of nitrogens with one attached hydrogen (secondary N) is 1. The van der Waals surface area contributed by atoms with Gasteiger partial charge in [0.1, 0.15) is 35.9 Å². The van der Waals surface area contributed by atoms with Crippen molar-refractivity contribution in [3.8, 4) is 11.5 Å². The lowest BCUT2D eigenvalue weighted by atomic mass is 9.95. The van der Waals surface area contributed by atoms with Crippen molar-refractivity contribution in [1.82, 2.24) is 5.32 Å². The summed E-state index contributed by atoms with van der Waals surface area (Å²) in [6.07, 6.45) is 23.4. The summed E-state index contributed by atoms with van der Waals surface area (Å²) in [5, 5.41) is 15.7. The number of hydrogen-bond acceptors (Lipinski definition) is 16. The number of amides is 1. The molecule has 0 bridgehead atoms. The Bertz CT molecular complexity index is 3130. The molecule has 0 aliphatic carbocycles. The minimum atomic E-state index is -1.58. The molecule has 1 fully saturated rings. The molecule has 580 valence electrons. The number of benzene rings is 5. The van der Waals surface area contributed by atoms with Gasteiger partial charge < -0.3 is 57.8 Å². The van der Waals surface area contributed by atoms with Crippen LogP contribution in [0.4, 0.5) is 0 Å². The first kappa shape index (κ1) is 86.8. The highest BCUT2D eigenvalue weighted by Gasteiger charge is 2.51. The van der Waals surface area contributed by atoms with Crippen molar-refractivity contribution < 1.29 is 76.4 Å². The van der Waals surface area contributed by atoms with Crippen LogP contribution in [0.2, 0.25) is 0 Å². The minimum Gasteiger partial charge on any atom is -0.497 e. The molecular weight excluding hydrogens is 1330 g/mol. The van der Waals surface area contributed by atoms with Gasteiger partial charge in [-0.15, -0.1) is 0 Å². The number of methoxy groups -OCH3 is 2. The van der Waals surface area contributed by atoms with E-state index in [1.165, 1.54) is 122 Å². The fraction of sp³-hybridized carbons (Fsp3) is 0.602. The van der Waals surface area contributed by atoms with Gasteiger partial charge in [0.15, 0.2) is 24.6 Å². The Morgan fingerprint density at radius 2 is 0.848 bits per heavy atom. The lowest BCUT2D eigenvalue weighted by molar-refractivity contribution is -0.316. The Morgan fingerprint density at radius 3 is 1.27 bits per heavy atom. The third kappa shape index (κ3) is 33.7. The standard InChI is InChI=1S/C88H127NO16/c1-8-10-12-14-16-18-20-21-22-23-24-25-26-27-29-31-33-35-46-54-76(102-84(93)70-49-41-37-42-50-70)82(91)89-74(79(104-85(94)71-51-43-38-44-52-71)75(101-83(92)69-47-39-36-40-48-69)53-45-34-32-30-28-19-17-15-13-11-9-2)65-100-86-81(105-87(95)88(3,4)5)80(99-64-68-57-61-73(97-7)62-58-68)78(90)77(103-86)66-98-63-67-55-59-72(96-6)60-56-67/h36-44,47-52,55-62,74-81,86,90H,8-35,45-46,53-54,63-66H2,1-7H3,(H,89,91)/t74-,75+,76+,77+,78+,79-,80-,81+,86+/m0/s1. The average molecular weight is 1450 g/mol. The van der Waals surface area contributed by atoms with Crippen molar-refractivity contribution in [2.24, 2.45) is 5.41 Å². The zero-order valence-electron chi connectivity index (χ0n) is 64.5. The Hall–Kier alpha value is -7.15. The smallest absolute Gasteiger partial charge is 0.338 e. The average Bonchev–Trinajstić information content (AvgIpc) is 0.786. The van der Waals surface area contributed by atoms with Gasteiger partial charge >= 0.3 is 23.9 Å². The van der Waals surface area contributed by atoms with Crippen LogP contribution in [0, 0.1) is 5.41 Å². The largest absolute Gasteiger partial charge is 0.497 e. The molecule has 0 aromatic heterocycles. The number of ether oxygens (including phenoxy) is 10. The fourth-order valence-electron chi connectivity index (χ4n) is 13.1. The van der Waals surface area contributed by atoms with Gasteiger partial charge in [0, 0.05) is 0 Å². The summed E-state index contributed by atoms with van der Waals surface area (Å²) in [4.78, 5) is 73.8. The molecule has 17 nitrogen and oxygen atoms in total. The van der Waals surface area contributed by atoms with Gasteiger partial charge in [-0.2, -0.15) is 0 Å². The van der Waals surface area contributed by atoms with Crippen molar-refractivity contribution in [3.05, 3.63) is 167 Å². The van der Waals surface area contributed by atoms with Crippen LogP contribution in [0.15, 0.2) is 140 Å². The third-order valence-electron chi connectivity index (χ3n) is 19.5. The highest BCUT2D eigenvalue weighted by Crippen LogP contribution is 2.33. The molecule has 2 N–H and O–H groups in total. The normalized spacial score (nSPS) is 17.0. The van der Waals surface area contributed by atoms with Crippen molar-refractivity contribution in [3.63, 3.8) is 0 Å². The van der Waals surface area contributed by atoms with Crippen LogP contribution in [0.1, 0.15) is 282 Å². The van der Waals surface area contributed by atoms with E-state index >= 15 is 4.79 Å². The molecule has 0 unspecified atom stereocenters. The van der Waals surface area contributed by atoms with Gasteiger partial charge in [-0.05, 0) is 118 Å². The number of aliphatic hydroxyl groups is 1. The summed E-state index contributed by atoms with van der Waals surface area (Å²) in [6, 6.07) is 38.5. The SMILES string of the molecule is CCCCCCCCCCCCCCCCCCCCC[C@@H](OC(=O)c1ccccc1)C(=O)N[C@@H](CO[C@@H]1O[C@H](COCc2ccc(OC)cc2)[C@@H](O)[C@H](OCc2ccc(OC)cc2)[C@H]1OC(=O)C(C)(C)C)[C@H](OC(=O)c1ccccc1)[C@@H](CCCCCCCCCCCCC)OC(=O)c1ccccc1. The van der Waals surface area contributed by atoms with Crippen LogP contribution < -0.4 is 14.8 Å². The molecule has 0 saturated carbocycles. The molecule has 0 spiro atoms. The topological polar surface area (TPSA) is 210 Å². The Morgan fingerprint density at radius 1 is 0.457 bits per heavy atom. The van der Waals surface area contributed by atoms with E-state index in [2.05, 4.69) is 19.2 Å². The molecule has 1 aliphatic rings. The van der Waals surface area contributed by atoms with E-state index in [1.54, 1.807) is 138 Å². The van der Waals surface area contributed by atoms with Crippen molar-refractivity contribution in [2.75, 3.05) is 27.4 Å². The van der Waals surface area contributed by atoms with Crippen LogP contribution in [-0.4, -0.2) is 117 Å². The lowest BCUT2D eigenvalue weighted by Crippen LogP contribution is -2.63. The van der Waals surface area contributed by atoms with Crippen molar-refractivity contribution in [2.45, 2.75) is 308 Å². The van der Waals surface area contributed by atoms with Gasteiger partial charge in [0.2, 0.25) is 0 Å². The van der Waals surface area contributed by atoms with Gasteiger partial charge in [0.05, 0.1) is 68.8 Å². The second-order valence-corrected chi connectivity index (χ2v) is 29.4. The summed E-state index contributed by atoms with van der Waals surface area (Å²) in [7, 11) is 3.15. The first-order chi connectivity index (χ1) is 51.1. The Labute approximate surface area is 628 Å². The van der Waals surface area contributed by atoms with E-state index in [0.717, 1.165) is 63.4 Å². The maximum Gasteiger partial charge on any atom is 0.338 e. The van der Waals surface area contributed by atoms with Crippen LogP contribution in [0.3, 0.4) is 0 Å². The summed E-state index contributed by atoms with van der Waals surface area (Å²) < 4.78 is 63.4. The van der Waals surface area contributed by atoms with Crippen LogP contribution in [0.25, 0.3) is 0 Å². The van der Waals surface area contributed by atoms with Crippen molar-refractivity contribution in [1.29, 1.82) is 0 Å². The number of rotatable bonds is 55. The maximum absolute atomic E-state index is 15.7. The Balaban J connectivity index is 1.35. The van der Waals surface area contributed by atoms with Gasteiger partial charge in [-0.1, -0.05) is 272 Å². The highest BCUT2D eigenvalue weighted by molar-refractivity contribution is 5.93. The maximum atomic E-state index is 15.7. The number of esters is 4. The minimum absolute atomic E-state index is 0.0618. The molecule has 1 aliphatic heterocycles. The predicted molar refractivity (Wildman–Crippen MR) is 412 cm³/mol. The third-order valence-corrected chi connectivity index (χ3v) is 19.5. The quantitative estimate of drug-likeness (QED) is 0.0211. The van der Waals surface area contributed by atoms with E-state index in [0.29, 0.717) is 29.9 Å². The second-order valence-electron chi connectivity index (χ2n) is 29.4. The number of unbranched alkanes of at least 4 members (excludes halogenated alkanes) is 28. The number of carbonyl (C=O) groups is 5. The summed E-state index contributed by atoms with van der Waals surface area (Å²) in [6.45, 7) is 8.86. The first-order valence-corrected chi connectivity index (χ1v) is 39.8. The van der Waals surface area contributed by atoms with Crippen molar-refractivity contribution >= 4 is 29.8 Å². The molecule has 5 aromatic rings. The summed E-state index contributed by atoms with van der Waals surface area (Å²) in [5.41, 5.74) is 1.12. The zero-order valence-corrected chi connectivity index (χ0v) is 64.5. The van der Waals surface area contributed by atoms with E-state index in [-0.39, 0.29) is 49.4 Å². The lowest BCUT2D eigenvalue weighted by Gasteiger charge is -2.44. The van der Waals surface area contributed by atoms with E-state index in [9.17, 15) is 24.3 Å². The molecule has 1 saturated heterocycles. The molecule has 17 heteroatoms. The fourth-order valence-corrected chi connectivity index (χ4v) is 13.1. The van der Waals surface area contributed by atoms with Crippen LogP contribution >= 0.6 is 0 Å².